The van der Waals surface area contributed by atoms with E-state index in [4.69, 9.17) is 10.5 Å². The maximum atomic E-state index is 15.3. The summed E-state index contributed by atoms with van der Waals surface area (Å²) in [7, 11) is 0. The number of hydrogen-bond donors (Lipinski definition) is 3. The van der Waals surface area contributed by atoms with Gasteiger partial charge in [-0.1, -0.05) is 0 Å². The molecule has 2 aliphatic heterocycles. The number of hydrogen-bond acceptors (Lipinski definition) is 8. The summed E-state index contributed by atoms with van der Waals surface area (Å²) < 4.78 is 20.8. The Labute approximate surface area is 194 Å². The van der Waals surface area contributed by atoms with Gasteiger partial charge in [-0.15, -0.1) is 0 Å². The fraction of sp³-hybridized carbons (Fsp3) is 0.783. The average molecular weight is 465 g/mol. The molecular formula is C23H37FN6O3. The number of nitrogens with one attached hydrogen (secondary N) is 1. The predicted molar refractivity (Wildman–Crippen MR) is 123 cm³/mol. The molecule has 1 aromatic heterocycles. The van der Waals surface area contributed by atoms with Crippen molar-refractivity contribution < 1.29 is 19.0 Å². The first-order chi connectivity index (χ1) is 15.9. The van der Waals surface area contributed by atoms with Crippen LogP contribution in [0.15, 0.2) is 6.33 Å². The lowest BCUT2D eigenvalue weighted by molar-refractivity contribution is -0.135. The zero-order chi connectivity index (χ0) is 23.4. The molecule has 2 unspecified atom stereocenters. The minimum Gasteiger partial charge on any atom is -0.391 e. The SMILES string of the molecule is CCN(CC1CCC2(CC1)COC2)c1ncnc(NCC2CCN(CC(N)=O)CC2O)c1F. The first-order valence-corrected chi connectivity index (χ1v) is 12.1. The number of nitrogens with zero attached hydrogens (tertiary/aromatic N) is 4. The van der Waals surface area contributed by atoms with Gasteiger partial charge < -0.3 is 25.8 Å². The molecule has 10 heteroatoms. The number of anilines is 2. The molecule has 0 radical (unpaired) electrons. The van der Waals surface area contributed by atoms with Gasteiger partial charge in [0.15, 0.2) is 11.6 Å². The van der Waals surface area contributed by atoms with Crippen LogP contribution in [-0.2, 0) is 9.53 Å². The summed E-state index contributed by atoms with van der Waals surface area (Å²) in [4.78, 5) is 23.3. The molecule has 1 aromatic rings. The molecule has 4 rings (SSSR count). The molecule has 0 bridgehead atoms. The second-order valence-corrected chi connectivity index (χ2v) is 10.0. The van der Waals surface area contributed by atoms with Crippen LogP contribution in [0, 0.1) is 23.1 Å². The standard InChI is InChI=1S/C23H37FN6O3/c1-2-30(10-16-3-6-23(7-4-16)13-33-14-23)22-20(24)21(27-15-28-22)26-9-17-5-8-29(11-18(17)31)12-19(25)32/h15-18,31H,2-14H2,1H3,(H2,25,32)(H,26,27,28). The monoisotopic (exact) mass is 464 g/mol. The van der Waals surface area contributed by atoms with E-state index in [9.17, 15) is 9.90 Å². The number of carbonyl (C=O) groups is 1. The third kappa shape index (κ3) is 5.73. The van der Waals surface area contributed by atoms with Crippen molar-refractivity contribution in [2.45, 2.75) is 45.1 Å². The van der Waals surface area contributed by atoms with E-state index in [1.165, 1.54) is 19.2 Å². The van der Waals surface area contributed by atoms with Crippen LogP contribution in [-0.4, -0.2) is 84.5 Å². The minimum atomic E-state index is -0.613. The molecule has 1 spiro atoms. The number of aliphatic hydroxyl groups is 1. The molecule has 3 heterocycles. The average Bonchev–Trinajstić information content (AvgIpc) is 2.77. The smallest absolute Gasteiger partial charge is 0.231 e. The van der Waals surface area contributed by atoms with E-state index < -0.39 is 17.8 Å². The Balaban J connectivity index is 1.32. The van der Waals surface area contributed by atoms with Crippen LogP contribution >= 0.6 is 0 Å². The molecular weight excluding hydrogens is 427 g/mol. The quantitative estimate of drug-likeness (QED) is 0.500. The van der Waals surface area contributed by atoms with Crippen molar-refractivity contribution in [1.82, 2.24) is 14.9 Å². The zero-order valence-corrected chi connectivity index (χ0v) is 19.5. The van der Waals surface area contributed by atoms with Gasteiger partial charge >= 0.3 is 0 Å². The van der Waals surface area contributed by atoms with Crippen molar-refractivity contribution >= 4 is 17.5 Å². The number of nitrogens with two attached hydrogens (primary N) is 1. The third-order valence-electron chi connectivity index (χ3n) is 7.63. The topological polar surface area (TPSA) is 117 Å². The Bertz CT molecular complexity index is 813. The number of amides is 1. The fourth-order valence-corrected chi connectivity index (χ4v) is 5.41. The van der Waals surface area contributed by atoms with Gasteiger partial charge in [0.2, 0.25) is 11.7 Å². The maximum Gasteiger partial charge on any atom is 0.231 e. The van der Waals surface area contributed by atoms with Gasteiger partial charge in [0.25, 0.3) is 0 Å². The second-order valence-electron chi connectivity index (χ2n) is 10.0. The van der Waals surface area contributed by atoms with Gasteiger partial charge in [-0.05, 0) is 51.5 Å². The van der Waals surface area contributed by atoms with E-state index >= 15 is 4.39 Å². The van der Waals surface area contributed by atoms with Gasteiger partial charge in [0, 0.05) is 37.5 Å². The lowest BCUT2D eigenvalue weighted by Crippen LogP contribution is -2.48. The fourth-order valence-electron chi connectivity index (χ4n) is 5.41. The molecule has 9 nitrogen and oxygen atoms in total. The van der Waals surface area contributed by atoms with Crippen molar-refractivity contribution in [2.75, 3.05) is 62.7 Å². The second kappa shape index (κ2) is 10.5. The Kier molecular flexibility index (Phi) is 7.65. The number of aliphatic hydroxyl groups excluding tert-OH is 1. The molecule has 1 amide bonds. The first-order valence-electron chi connectivity index (χ1n) is 12.1. The number of piperidine rings is 1. The number of rotatable bonds is 9. The number of likely N-dealkylation sites (tertiary alicyclic amines) is 1. The van der Waals surface area contributed by atoms with E-state index in [1.54, 1.807) is 0 Å². The predicted octanol–water partition coefficient (Wildman–Crippen LogP) is 1.23. The summed E-state index contributed by atoms with van der Waals surface area (Å²) in [6, 6.07) is 0. The molecule has 3 fully saturated rings. The van der Waals surface area contributed by atoms with Crippen LogP contribution in [0.4, 0.5) is 16.0 Å². The summed E-state index contributed by atoms with van der Waals surface area (Å²) >= 11 is 0. The van der Waals surface area contributed by atoms with Crippen molar-refractivity contribution in [3.8, 4) is 0 Å². The van der Waals surface area contributed by atoms with Gasteiger partial charge in [-0.2, -0.15) is 4.39 Å². The van der Waals surface area contributed by atoms with E-state index in [0.29, 0.717) is 49.8 Å². The number of primary amides is 1. The number of ether oxygens (including phenoxy) is 1. The lowest BCUT2D eigenvalue weighted by Gasteiger charge is -2.46. The van der Waals surface area contributed by atoms with Gasteiger partial charge in [-0.25, -0.2) is 9.97 Å². The van der Waals surface area contributed by atoms with Crippen LogP contribution in [0.5, 0.6) is 0 Å². The summed E-state index contributed by atoms with van der Waals surface area (Å²) in [5, 5.41) is 13.5. The summed E-state index contributed by atoms with van der Waals surface area (Å²) in [5.41, 5.74) is 5.65. The molecule has 184 valence electrons. The van der Waals surface area contributed by atoms with Gasteiger partial charge in [0.05, 0.1) is 25.9 Å². The van der Waals surface area contributed by atoms with Gasteiger partial charge in [-0.3, -0.25) is 9.69 Å². The Morgan fingerprint density at radius 1 is 1.36 bits per heavy atom. The molecule has 4 N–H and O–H groups in total. The van der Waals surface area contributed by atoms with Gasteiger partial charge in [0.1, 0.15) is 6.33 Å². The highest BCUT2D eigenvalue weighted by Gasteiger charge is 2.41. The highest BCUT2D eigenvalue weighted by Crippen LogP contribution is 2.44. The van der Waals surface area contributed by atoms with Crippen molar-refractivity contribution in [3.63, 3.8) is 0 Å². The molecule has 33 heavy (non-hydrogen) atoms. The maximum absolute atomic E-state index is 15.3. The van der Waals surface area contributed by atoms with Crippen LogP contribution in [0.2, 0.25) is 0 Å². The molecule has 3 aliphatic rings. The largest absolute Gasteiger partial charge is 0.391 e. The highest BCUT2D eigenvalue weighted by atomic mass is 19.1. The first kappa shape index (κ1) is 24.1. The Morgan fingerprint density at radius 3 is 2.73 bits per heavy atom. The Hall–Kier alpha value is -2.04. The molecule has 0 aromatic carbocycles. The van der Waals surface area contributed by atoms with Crippen molar-refractivity contribution in [3.05, 3.63) is 12.1 Å². The van der Waals surface area contributed by atoms with Crippen LogP contribution in [0.3, 0.4) is 0 Å². The summed E-state index contributed by atoms with van der Waals surface area (Å²) in [6.07, 6.45) is 6.14. The number of aromatic nitrogens is 2. The van der Waals surface area contributed by atoms with E-state index in [-0.39, 0.29) is 18.3 Å². The van der Waals surface area contributed by atoms with Crippen molar-refractivity contribution in [2.24, 2.45) is 23.0 Å². The van der Waals surface area contributed by atoms with Crippen LogP contribution in [0.25, 0.3) is 0 Å². The minimum absolute atomic E-state index is 0.0562. The summed E-state index contributed by atoms with van der Waals surface area (Å²) in [6.45, 7) is 6.87. The van der Waals surface area contributed by atoms with Crippen molar-refractivity contribution in [1.29, 1.82) is 0 Å². The molecule has 2 saturated heterocycles. The summed E-state index contributed by atoms with van der Waals surface area (Å²) in [5.74, 6) is 0.125. The number of carbonyl (C=O) groups excluding carboxylic acids is 1. The van der Waals surface area contributed by atoms with E-state index in [1.807, 2.05) is 16.7 Å². The van der Waals surface area contributed by atoms with Crippen LogP contribution < -0.4 is 16.0 Å². The number of halogens is 1. The Morgan fingerprint density at radius 2 is 2.12 bits per heavy atom. The number of β-amino-alcohol motifs (C(OH)–C–C–N with tert-alkyl or cyclic N) is 1. The lowest BCUT2D eigenvalue weighted by atomic mass is 9.69. The third-order valence-corrected chi connectivity index (χ3v) is 7.63. The molecule has 1 saturated carbocycles. The zero-order valence-electron chi connectivity index (χ0n) is 19.5. The molecule has 1 aliphatic carbocycles. The van der Waals surface area contributed by atoms with E-state index in [2.05, 4.69) is 15.3 Å². The van der Waals surface area contributed by atoms with Crippen LogP contribution in [0.1, 0.15) is 39.0 Å². The molecule has 2 atom stereocenters. The normalized spacial score (nSPS) is 25.5. The highest BCUT2D eigenvalue weighted by molar-refractivity contribution is 5.75. The van der Waals surface area contributed by atoms with E-state index in [0.717, 1.165) is 32.6 Å².